The summed E-state index contributed by atoms with van der Waals surface area (Å²) in [7, 11) is 1.97. The predicted octanol–water partition coefficient (Wildman–Crippen LogP) is 3.19. The zero-order chi connectivity index (χ0) is 21.1. The maximum Gasteiger partial charge on any atom is 0.194 e. The molecule has 166 valence electrons. The smallest absolute Gasteiger partial charge is 0.194 e. The van der Waals surface area contributed by atoms with Crippen molar-refractivity contribution in [2.24, 2.45) is 12.0 Å². The number of halogens is 1. The Labute approximate surface area is 200 Å². The number of aryl methyl sites for hydroxylation is 3. The number of aliphatic imine (C=N–C) groups is 1. The van der Waals surface area contributed by atoms with Gasteiger partial charge in [0.2, 0.25) is 0 Å². The molecule has 1 unspecified atom stereocenters. The minimum absolute atomic E-state index is 0. The Morgan fingerprint density at radius 1 is 1.26 bits per heavy atom. The molecule has 4 heterocycles. The second-order valence-corrected chi connectivity index (χ2v) is 7.91. The Balaban J connectivity index is 0.00000272. The molecule has 0 amide bonds. The Morgan fingerprint density at radius 3 is 2.71 bits per heavy atom. The van der Waals surface area contributed by atoms with Gasteiger partial charge in [-0.3, -0.25) is 4.68 Å². The van der Waals surface area contributed by atoms with Gasteiger partial charge in [-0.25, -0.2) is 14.7 Å². The lowest BCUT2D eigenvalue weighted by Crippen LogP contribution is -2.40. The van der Waals surface area contributed by atoms with E-state index in [0.29, 0.717) is 12.5 Å². The molecule has 1 saturated heterocycles. The van der Waals surface area contributed by atoms with Gasteiger partial charge in [-0.1, -0.05) is 6.07 Å². The summed E-state index contributed by atoms with van der Waals surface area (Å²) in [6, 6.07) is 6.14. The predicted molar refractivity (Wildman–Crippen MR) is 133 cm³/mol. The summed E-state index contributed by atoms with van der Waals surface area (Å²) >= 11 is 0. The Bertz CT molecular complexity index is 1020. The van der Waals surface area contributed by atoms with Crippen molar-refractivity contribution in [3.63, 3.8) is 0 Å². The standard InChI is InChI=1S/C22H30N8.HI/c1-5-23-22(29-9-8-19(15-29)20-13-26-28(4)14-20)25-12-18-6-7-21(24-11-18)30-17(3)10-16(2)27-30;/h6-7,10-11,13-14,19H,5,8-9,12,15H2,1-4H3,(H,23,25);1H. The average molecular weight is 534 g/mol. The van der Waals surface area contributed by atoms with Crippen molar-refractivity contribution in [2.75, 3.05) is 19.6 Å². The van der Waals surface area contributed by atoms with Crippen LogP contribution in [-0.2, 0) is 13.6 Å². The molecule has 3 aromatic rings. The zero-order valence-corrected chi connectivity index (χ0v) is 20.9. The van der Waals surface area contributed by atoms with Gasteiger partial charge in [-0.15, -0.1) is 24.0 Å². The molecule has 1 N–H and O–H groups in total. The lowest BCUT2D eigenvalue weighted by atomic mass is 10.0. The quantitative estimate of drug-likeness (QED) is 0.309. The van der Waals surface area contributed by atoms with Crippen molar-refractivity contribution in [3.05, 3.63) is 59.3 Å². The Morgan fingerprint density at radius 2 is 2.10 bits per heavy atom. The van der Waals surface area contributed by atoms with E-state index < -0.39 is 0 Å². The first-order valence-corrected chi connectivity index (χ1v) is 10.5. The van der Waals surface area contributed by atoms with Gasteiger partial charge in [-0.05, 0) is 50.5 Å². The first-order valence-electron chi connectivity index (χ1n) is 10.5. The number of hydrogen-bond acceptors (Lipinski definition) is 4. The monoisotopic (exact) mass is 534 g/mol. The van der Waals surface area contributed by atoms with Crippen molar-refractivity contribution >= 4 is 29.9 Å². The van der Waals surface area contributed by atoms with E-state index in [9.17, 15) is 0 Å². The highest BCUT2D eigenvalue weighted by molar-refractivity contribution is 14.0. The van der Waals surface area contributed by atoms with Crippen LogP contribution in [0.5, 0.6) is 0 Å². The number of rotatable bonds is 5. The molecule has 4 rings (SSSR count). The fourth-order valence-electron chi connectivity index (χ4n) is 3.96. The van der Waals surface area contributed by atoms with E-state index in [-0.39, 0.29) is 24.0 Å². The molecule has 9 heteroatoms. The van der Waals surface area contributed by atoms with E-state index in [0.717, 1.165) is 54.8 Å². The summed E-state index contributed by atoms with van der Waals surface area (Å²) in [5, 5.41) is 12.3. The largest absolute Gasteiger partial charge is 0.357 e. The van der Waals surface area contributed by atoms with Crippen LogP contribution in [0.3, 0.4) is 0 Å². The highest BCUT2D eigenvalue weighted by Crippen LogP contribution is 2.26. The van der Waals surface area contributed by atoms with Crippen molar-refractivity contribution in [1.29, 1.82) is 0 Å². The van der Waals surface area contributed by atoms with Crippen LogP contribution >= 0.6 is 24.0 Å². The summed E-state index contributed by atoms with van der Waals surface area (Å²) in [6.07, 6.45) is 7.11. The molecular formula is C22H31IN8. The summed E-state index contributed by atoms with van der Waals surface area (Å²) in [5.74, 6) is 2.30. The molecule has 8 nitrogen and oxygen atoms in total. The molecule has 0 bridgehead atoms. The molecule has 0 radical (unpaired) electrons. The number of nitrogens with one attached hydrogen (secondary N) is 1. The number of nitrogens with zero attached hydrogens (tertiary/aromatic N) is 7. The Hall–Kier alpha value is -2.43. The van der Waals surface area contributed by atoms with Crippen LogP contribution in [0.15, 0.2) is 41.8 Å². The van der Waals surface area contributed by atoms with Crippen LogP contribution in [0.25, 0.3) is 5.82 Å². The minimum Gasteiger partial charge on any atom is -0.357 e. The third kappa shape index (κ3) is 5.44. The topological polar surface area (TPSA) is 76.2 Å². The fraction of sp³-hybridized carbons (Fsp3) is 0.455. The van der Waals surface area contributed by atoms with Crippen molar-refractivity contribution in [3.8, 4) is 5.82 Å². The molecule has 1 aliphatic rings. The third-order valence-electron chi connectivity index (χ3n) is 5.47. The average Bonchev–Trinajstić information content (AvgIpc) is 3.45. The van der Waals surface area contributed by atoms with Gasteiger partial charge in [0, 0.05) is 50.7 Å². The van der Waals surface area contributed by atoms with Gasteiger partial charge in [0.05, 0.1) is 18.4 Å². The number of aromatic nitrogens is 5. The molecule has 3 aromatic heterocycles. The number of pyridine rings is 1. The zero-order valence-electron chi connectivity index (χ0n) is 18.6. The van der Waals surface area contributed by atoms with E-state index in [1.54, 1.807) is 0 Å². The van der Waals surface area contributed by atoms with E-state index in [1.165, 1.54) is 5.56 Å². The minimum atomic E-state index is 0. The van der Waals surface area contributed by atoms with Crippen molar-refractivity contribution in [1.82, 2.24) is 34.8 Å². The number of guanidine groups is 1. The van der Waals surface area contributed by atoms with Crippen LogP contribution in [0.2, 0.25) is 0 Å². The molecule has 1 atom stereocenters. The second-order valence-electron chi connectivity index (χ2n) is 7.91. The molecule has 31 heavy (non-hydrogen) atoms. The summed E-state index contributed by atoms with van der Waals surface area (Å²) in [4.78, 5) is 11.8. The summed E-state index contributed by atoms with van der Waals surface area (Å²) < 4.78 is 3.75. The van der Waals surface area contributed by atoms with Gasteiger partial charge in [0.1, 0.15) is 0 Å². The van der Waals surface area contributed by atoms with Crippen molar-refractivity contribution in [2.45, 2.75) is 39.7 Å². The lowest BCUT2D eigenvalue weighted by molar-refractivity contribution is 0.486. The first kappa shape index (κ1) is 23.2. The molecular weight excluding hydrogens is 503 g/mol. The van der Waals surface area contributed by atoms with Crippen LogP contribution in [0, 0.1) is 13.8 Å². The molecule has 1 fully saturated rings. The second kappa shape index (κ2) is 10.3. The highest BCUT2D eigenvalue weighted by Gasteiger charge is 2.26. The summed E-state index contributed by atoms with van der Waals surface area (Å²) in [6.45, 7) is 9.55. The Kier molecular flexibility index (Phi) is 7.69. The fourth-order valence-corrected chi connectivity index (χ4v) is 3.96. The molecule has 0 spiro atoms. The normalized spacial score (nSPS) is 16.5. The van der Waals surface area contributed by atoms with Gasteiger partial charge in [0.15, 0.2) is 11.8 Å². The van der Waals surface area contributed by atoms with Crippen molar-refractivity contribution < 1.29 is 0 Å². The maximum atomic E-state index is 4.87. The van der Waals surface area contributed by atoms with E-state index in [2.05, 4.69) is 50.7 Å². The third-order valence-corrected chi connectivity index (χ3v) is 5.47. The first-order chi connectivity index (χ1) is 14.5. The van der Waals surface area contributed by atoms with Gasteiger partial charge >= 0.3 is 0 Å². The summed E-state index contributed by atoms with van der Waals surface area (Å²) in [5.41, 5.74) is 4.46. The van der Waals surface area contributed by atoms with Gasteiger partial charge < -0.3 is 10.2 Å². The number of likely N-dealkylation sites (tertiary alicyclic amines) is 1. The number of hydrogen-bond donors (Lipinski definition) is 1. The van der Waals surface area contributed by atoms with Crippen LogP contribution < -0.4 is 5.32 Å². The van der Waals surface area contributed by atoms with Crippen LogP contribution in [0.4, 0.5) is 0 Å². The lowest BCUT2D eigenvalue weighted by Gasteiger charge is -2.21. The highest BCUT2D eigenvalue weighted by atomic mass is 127. The van der Waals surface area contributed by atoms with E-state index in [4.69, 9.17) is 4.99 Å². The van der Waals surface area contributed by atoms with Crippen LogP contribution in [0.1, 0.15) is 41.8 Å². The maximum absolute atomic E-state index is 4.87. The molecule has 0 aliphatic carbocycles. The van der Waals surface area contributed by atoms with Gasteiger partial charge in [-0.2, -0.15) is 10.2 Å². The van der Waals surface area contributed by atoms with Gasteiger partial charge in [0.25, 0.3) is 0 Å². The molecule has 0 aromatic carbocycles. The SMILES string of the molecule is CCNC(=NCc1ccc(-n2nc(C)cc2C)nc1)N1CCC(c2cnn(C)c2)C1.I. The van der Waals surface area contributed by atoms with E-state index in [1.807, 2.05) is 48.7 Å². The molecule has 0 saturated carbocycles. The van der Waals surface area contributed by atoms with Crippen LogP contribution in [-0.4, -0.2) is 55.0 Å². The van der Waals surface area contributed by atoms with E-state index >= 15 is 0 Å². The molecule has 1 aliphatic heterocycles.